The lowest BCUT2D eigenvalue weighted by molar-refractivity contribution is -0.116. The largest absolute Gasteiger partial charge is 0.490 e. The van der Waals surface area contributed by atoms with Crippen LogP contribution in [0.3, 0.4) is 0 Å². The highest BCUT2D eigenvalue weighted by Gasteiger charge is 2.10. The summed E-state index contributed by atoms with van der Waals surface area (Å²) in [5.74, 6) is 0.393. The maximum atomic E-state index is 12.4. The van der Waals surface area contributed by atoms with E-state index in [4.69, 9.17) is 9.47 Å². The van der Waals surface area contributed by atoms with Crippen LogP contribution in [0.1, 0.15) is 30.1 Å². The zero-order valence-corrected chi connectivity index (χ0v) is 17.0. The van der Waals surface area contributed by atoms with E-state index in [0.717, 1.165) is 6.42 Å². The fourth-order valence-electron chi connectivity index (χ4n) is 2.28. The predicted molar refractivity (Wildman–Crippen MR) is 109 cm³/mol. The molecule has 144 valence electrons. The van der Waals surface area contributed by atoms with Crippen molar-refractivity contribution in [1.29, 1.82) is 0 Å². The molecule has 2 amide bonds. The summed E-state index contributed by atoms with van der Waals surface area (Å²) < 4.78 is 11.2. The van der Waals surface area contributed by atoms with Crippen LogP contribution in [-0.2, 0) is 9.53 Å². The fourth-order valence-corrected chi connectivity index (χ4v) is 2.78. The number of halogens is 1. The quantitative estimate of drug-likeness (QED) is 0.570. The van der Waals surface area contributed by atoms with Gasteiger partial charge < -0.3 is 20.1 Å². The van der Waals surface area contributed by atoms with E-state index in [-0.39, 0.29) is 11.8 Å². The van der Waals surface area contributed by atoms with Crippen molar-refractivity contribution in [2.75, 3.05) is 31.0 Å². The van der Waals surface area contributed by atoms with E-state index < -0.39 is 0 Å². The minimum absolute atomic E-state index is 0.0213. The third kappa shape index (κ3) is 6.69. The van der Waals surface area contributed by atoms with E-state index in [0.29, 0.717) is 46.8 Å². The first kappa shape index (κ1) is 20.9. The van der Waals surface area contributed by atoms with Gasteiger partial charge in [-0.05, 0) is 64.8 Å². The van der Waals surface area contributed by atoms with Crippen molar-refractivity contribution >= 4 is 39.1 Å². The molecule has 0 bridgehead atoms. The number of hydrogen-bond acceptors (Lipinski definition) is 4. The molecule has 6 nitrogen and oxygen atoms in total. The average molecular weight is 435 g/mol. The Hall–Kier alpha value is -2.38. The molecule has 0 atom stereocenters. The Morgan fingerprint density at radius 1 is 1.00 bits per heavy atom. The monoisotopic (exact) mass is 434 g/mol. The zero-order valence-electron chi connectivity index (χ0n) is 15.4. The SMILES string of the molecule is CCCC(=O)Nc1ccc(NC(=O)c2ccc(OCCOC)c(Br)c2)cc1. The second-order valence-electron chi connectivity index (χ2n) is 5.82. The van der Waals surface area contributed by atoms with Crippen molar-refractivity contribution in [3.05, 3.63) is 52.5 Å². The standard InChI is InChI=1S/C20H23BrN2O4/c1-3-4-19(24)22-15-6-8-16(9-7-15)23-20(25)14-5-10-18(17(21)13-14)27-12-11-26-2/h5-10,13H,3-4,11-12H2,1-2H3,(H,22,24)(H,23,25). The molecule has 2 N–H and O–H groups in total. The number of methoxy groups -OCH3 is 1. The summed E-state index contributed by atoms with van der Waals surface area (Å²) in [6.45, 7) is 2.88. The van der Waals surface area contributed by atoms with Crippen LogP contribution >= 0.6 is 15.9 Å². The molecule has 0 radical (unpaired) electrons. The molecule has 0 fully saturated rings. The molecule has 0 saturated heterocycles. The number of carbonyl (C=O) groups is 2. The van der Waals surface area contributed by atoms with E-state index in [1.807, 2.05) is 6.92 Å². The van der Waals surface area contributed by atoms with Gasteiger partial charge in [-0.25, -0.2) is 0 Å². The van der Waals surface area contributed by atoms with Gasteiger partial charge in [0.25, 0.3) is 5.91 Å². The Kier molecular flexibility index (Phi) is 8.29. The third-order valence-corrected chi connectivity index (χ3v) is 4.26. The molecule has 0 aromatic heterocycles. The number of rotatable bonds is 9. The van der Waals surface area contributed by atoms with Gasteiger partial charge in [0.15, 0.2) is 0 Å². The highest BCUT2D eigenvalue weighted by atomic mass is 79.9. The number of nitrogens with one attached hydrogen (secondary N) is 2. The van der Waals surface area contributed by atoms with Crippen LogP contribution in [0.25, 0.3) is 0 Å². The van der Waals surface area contributed by atoms with Crippen molar-refractivity contribution in [2.45, 2.75) is 19.8 Å². The van der Waals surface area contributed by atoms with E-state index in [9.17, 15) is 9.59 Å². The normalized spacial score (nSPS) is 10.3. The maximum absolute atomic E-state index is 12.4. The minimum atomic E-state index is -0.234. The van der Waals surface area contributed by atoms with Gasteiger partial charge in [-0.1, -0.05) is 6.92 Å². The summed E-state index contributed by atoms with van der Waals surface area (Å²) in [4.78, 5) is 24.0. The molecule has 0 spiro atoms. The van der Waals surface area contributed by atoms with Crippen molar-refractivity contribution in [2.24, 2.45) is 0 Å². The van der Waals surface area contributed by atoms with E-state index in [1.165, 1.54) is 0 Å². The number of amides is 2. The van der Waals surface area contributed by atoms with Gasteiger partial charge in [0.05, 0.1) is 11.1 Å². The number of carbonyl (C=O) groups excluding carboxylic acids is 2. The van der Waals surface area contributed by atoms with Crippen molar-refractivity contribution in [3.8, 4) is 5.75 Å². The highest BCUT2D eigenvalue weighted by Crippen LogP contribution is 2.26. The Morgan fingerprint density at radius 2 is 1.67 bits per heavy atom. The summed E-state index contributed by atoms with van der Waals surface area (Å²) in [5, 5.41) is 5.64. The second kappa shape index (κ2) is 10.7. The van der Waals surface area contributed by atoms with Crippen LogP contribution in [0.4, 0.5) is 11.4 Å². The van der Waals surface area contributed by atoms with Crippen molar-refractivity contribution in [3.63, 3.8) is 0 Å². The molecule has 27 heavy (non-hydrogen) atoms. The van der Waals surface area contributed by atoms with Gasteiger partial charge in [-0.2, -0.15) is 0 Å². The van der Waals surface area contributed by atoms with Gasteiger partial charge >= 0.3 is 0 Å². The molecule has 2 rings (SSSR count). The number of ether oxygens (including phenoxy) is 2. The van der Waals surface area contributed by atoms with Gasteiger partial charge in [-0.3, -0.25) is 9.59 Å². The lowest BCUT2D eigenvalue weighted by Crippen LogP contribution is -2.13. The maximum Gasteiger partial charge on any atom is 0.255 e. The molecule has 2 aromatic carbocycles. The van der Waals surface area contributed by atoms with Crippen LogP contribution < -0.4 is 15.4 Å². The summed E-state index contributed by atoms with van der Waals surface area (Å²) in [6, 6.07) is 12.1. The topological polar surface area (TPSA) is 76.7 Å². The van der Waals surface area contributed by atoms with Crippen LogP contribution in [-0.4, -0.2) is 32.1 Å². The summed E-state index contributed by atoms with van der Waals surface area (Å²) in [6.07, 6.45) is 1.28. The van der Waals surface area contributed by atoms with Gasteiger partial charge in [0.2, 0.25) is 5.91 Å². The molecule has 0 aliphatic heterocycles. The molecule has 0 aliphatic carbocycles. The van der Waals surface area contributed by atoms with Crippen molar-refractivity contribution in [1.82, 2.24) is 0 Å². The highest BCUT2D eigenvalue weighted by molar-refractivity contribution is 9.10. The first-order valence-corrected chi connectivity index (χ1v) is 9.45. The van der Waals surface area contributed by atoms with Crippen LogP contribution in [0.2, 0.25) is 0 Å². The second-order valence-corrected chi connectivity index (χ2v) is 6.67. The predicted octanol–water partition coefficient (Wildman–Crippen LogP) is 4.47. The lowest BCUT2D eigenvalue weighted by Gasteiger charge is -2.10. The summed E-state index contributed by atoms with van der Waals surface area (Å²) in [5.41, 5.74) is 1.85. The smallest absolute Gasteiger partial charge is 0.255 e. The van der Waals surface area contributed by atoms with E-state index >= 15 is 0 Å². The van der Waals surface area contributed by atoms with E-state index in [1.54, 1.807) is 49.6 Å². The Bertz CT molecular complexity index is 778. The molecule has 7 heteroatoms. The van der Waals surface area contributed by atoms with Crippen molar-refractivity contribution < 1.29 is 19.1 Å². The first-order valence-electron chi connectivity index (χ1n) is 8.66. The molecule has 0 unspecified atom stereocenters. The van der Waals surface area contributed by atoms with Gasteiger partial charge in [-0.15, -0.1) is 0 Å². The number of anilines is 2. The third-order valence-electron chi connectivity index (χ3n) is 3.64. The molecule has 0 heterocycles. The molecular formula is C20H23BrN2O4. The molecular weight excluding hydrogens is 412 g/mol. The Balaban J connectivity index is 1.96. The summed E-state index contributed by atoms with van der Waals surface area (Å²) >= 11 is 3.41. The lowest BCUT2D eigenvalue weighted by atomic mass is 10.2. The Morgan fingerprint density at radius 3 is 2.26 bits per heavy atom. The number of benzene rings is 2. The molecule has 0 aliphatic rings. The van der Waals surface area contributed by atoms with Gasteiger partial charge in [0.1, 0.15) is 12.4 Å². The van der Waals surface area contributed by atoms with Crippen LogP contribution in [0.15, 0.2) is 46.9 Å². The van der Waals surface area contributed by atoms with Gasteiger partial charge in [0, 0.05) is 30.5 Å². The summed E-state index contributed by atoms with van der Waals surface area (Å²) in [7, 11) is 1.61. The van der Waals surface area contributed by atoms with Crippen LogP contribution in [0, 0.1) is 0 Å². The number of hydrogen-bond donors (Lipinski definition) is 2. The zero-order chi connectivity index (χ0) is 19.6. The van der Waals surface area contributed by atoms with E-state index in [2.05, 4.69) is 26.6 Å². The molecule has 0 saturated carbocycles. The average Bonchev–Trinajstić information content (AvgIpc) is 2.65. The fraction of sp³-hybridized carbons (Fsp3) is 0.300. The Labute approximate surface area is 167 Å². The minimum Gasteiger partial charge on any atom is -0.490 e. The van der Waals surface area contributed by atoms with Crippen LogP contribution in [0.5, 0.6) is 5.75 Å². The first-order chi connectivity index (χ1) is 13.0. The molecule has 2 aromatic rings.